The molecule has 0 bridgehead atoms. The summed E-state index contributed by atoms with van der Waals surface area (Å²) in [7, 11) is 0. The largest absolute Gasteiger partial charge is 0.464 e. The van der Waals surface area contributed by atoms with Crippen LogP contribution in [-0.2, 0) is 4.74 Å². The van der Waals surface area contributed by atoms with Crippen molar-refractivity contribution < 1.29 is 9.15 Å². The van der Waals surface area contributed by atoms with Crippen LogP contribution in [-0.4, -0.2) is 13.2 Å². The van der Waals surface area contributed by atoms with Crippen LogP contribution in [0.1, 0.15) is 12.5 Å². The molecule has 2 nitrogen and oxygen atoms in total. The smallest absolute Gasteiger partial charge is 0.133 e. The minimum Gasteiger partial charge on any atom is -0.464 e. The summed E-state index contributed by atoms with van der Waals surface area (Å²) in [6.45, 7) is 3.13. The molecular weight excluding hydrogens is 212 g/mol. The van der Waals surface area contributed by atoms with Crippen LogP contribution >= 0.6 is 0 Å². The molecule has 0 unspecified atom stereocenters. The van der Waals surface area contributed by atoms with Crippen LogP contribution in [0.4, 0.5) is 0 Å². The zero-order chi connectivity index (χ0) is 11.9. The molecule has 0 spiro atoms. The Balaban J connectivity index is 2.14. The molecule has 0 N–H and O–H groups in total. The average molecular weight is 226 g/mol. The van der Waals surface area contributed by atoms with Crippen LogP contribution in [0.2, 0.25) is 0 Å². The van der Waals surface area contributed by atoms with Crippen LogP contribution in [0.25, 0.3) is 11.3 Å². The Kier molecular flexibility index (Phi) is 4.01. The van der Waals surface area contributed by atoms with Gasteiger partial charge in [0.25, 0.3) is 0 Å². The highest BCUT2D eigenvalue weighted by atomic mass is 16.5. The molecule has 17 heavy (non-hydrogen) atoms. The molecule has 2 rings (SSSR count). The minimum absolute atomic E-state index is 0.474. The van der Waals surface area contributed by atoms with E-state index in [-0.39, 0.29) is 0 Å². The first-order valence-electron chi connectivity index (χ1n) is 5.60. The van der Waals surface area contributed by atoms with Gasteiger partial charge in [-0.2, -0.15) is 0 Å². The highest BCUT2D eigenvalue weighted by molar-refractivity contribution is 5.60. The van der Waals surface area contributed by atoms with Crippen LogP contribution in [0.3, 0.4) is 0 Å². The summed E-state index contributed by atoms with van der Waals surface area (Å²) >= 11 is 0. The summed E-state index contributed by atoms with van der Waals surface area (Å²) in [6.07, 6.45) is 1.67. The number of ether oxygens (including phenoxy) is 1. The monoisotopic (exact) mass is 226 g/mol. The van der Waals surface area contributed by atoms with Gasteiger partial charge in [0.1, 0.15) is 12.4 Å². The lowest BCUT2D eigenvalue weighted by Gasteiger charge is -1.97. The molecule has 0 aliphatic rings. The maximum Gasteiger partial charge on any atom is 0.133 e. The molecule has 0 saturated carbocycles. The molecule has 86 valence electrons. The van der Waals surface area contributed by atoms with Gasteiger partial charge in [-0.25, -0.2) is 0 Å². The Morgan fingerprint density at radius 3 is 2.94 bits per heavy atom. The van der Waals surface area contributed by atoms with E-state index in [1.807, 2.05) is 43.3 Å². The number of rotatable bonds is 3. The fourth-order valence-electron chi connectivity index (χ4n) is 1.48. The van der Waals surface area contributed by atoms with E-state index in [0.29, 0.717) is 13.2 Å². The van der Waals surface area contributed by atoms with Crippen molar-refractivity contribution in [2.24, 2.45) is 0 Å². The fourth-order valence-corrected chi connectivity index (χ4v) is 1.48. The summed E-state index contributed by atoms with van der Waals surface area (Å²) < 4.78 is 10.5. The molecule has 0 aliphatic carbocycles. The minimum atomic E-state index is 0.474. The maximum atomic E-state index is 5.34. The van der Waals surface area contributed by atoms with Crippen LogP contribution in [0.15, 0.2) is 47.1 Å². The third-order valence-electron chi connectivity index (χ3n) is 2.28. The van der Waals surface area contributed by atoms with E-state index >= 15 is 0 Å². The van der Waals surface area contributed by atoms with Gasteiger partial charge >= 0.3 is 0 Å². The first kappa shape index (κ1) is 11.5. The highest BCUT2D eigenvalue weighted by Gasteiger charge is 1.99. The summed E-state index contributed by atoms with van der Waals surface area (Å²) in [5, 5.41) is 0. The van der Waals surface area contributed by atoms with Crippen molar-refractivity contribution in [2.75, 3.05) is 13.2 Å². The van der Waals surface area contributed by atoms with Crippen molar-refractivity contribution >= 4 is 0 Å². The van der Waals surface area contributed by atoms with E-state index in [0.717, 1.165) is 16.9 Å². The van der Waals surface area contributed by atoms with Gasteiger partial charge in [0, 0.05) is 17.7 Å². The van der Waals surface area contributed by atoms with Gasteiger partial charge in [0.05, 0.1) is 6.26 Å². The molecule has 0 atom stereocenters. The van der Waals surface area contributed by atoms with Gasteiger partial charge in [-0.3, -0.25) is 0 Å². The molecule has 1 aromatic heterocycles. The zero-order valence-corrected chi connectivity index (χ0v) is 9.77. The van der Waals surface area contributed by atoms with Crippen molar-refractivity contribution in [2.45, 2.75) is 6.92 Å². The van der Waals surface area contributed by atoms with Gasteiger partial charge in [0.15, 0.2) is 0 Å². The molecule has 0 saturated heterocycles. The summed E-state index contributed by atoms with van der Waals surface area (Å²) in [5.41, 5.74) is 2.01. The molecule has 0 radical (unpaired) electrons. The second-order valence-corrected chi connectivity index (χ2v) is 3.50. The van der Waals surface area contributed by atoms with E-state index in [2.05, 4.69) is 11.8 Å². The van der Waals surface area contributed by atoms with Gasteiger partial charge in [-0.15, -0.1) is 0 Å². The predicted molar refractivity (Wildman–Crippen MR) is 67.5 cm³/mol. The van der Waals surface area contributed by atoms with E-state index in [4.69, 9.17) is 9.15 Å². The second-order valence-electron chi connectivity index (χ2n) is 3.50. The Hall–Kier alpha value is -1.98. The van der Waals surface area contributed by atoms with E-state index in [9.17, 15) is 0 Å². The van der Waals surface area contributed by atoms with Crippen LogP contribution in [0, 0.1) is 11.8 Å². The average Bonchev–Trinajstić information content (AvgIpc) is 2.89. The normalized spacial score (nSPS) is 9.71. The lowest BCUT2D eigenvalue weighted by molar-refractivity contribution is 0.182. The first-order chi connectivity index (χ1) is 8.40. The fraction of sp³-hybridized carbons (Fsp3) is 0.200. The molecule has 2 aromatic rings. The third kappa shape index (κ3) is 3.24. The van der Waals surface area contributed by atoms with Gasteiger partial charge in [-0.05, 0) is 31.2 Å². The van der Waals surface area contributed by atoms with E-state index < -0.39 is 0 Å². The first-order valence-corrected chi connectivity index (χ1v) is 5.60. The van der Waals surface area contributed by atoms with Crippen molar-refractivity contribution in [3.63, 3.8) is 0 Å². The molecule has 0 fully saturated rings. The standard InChI is InChI=1S/C15H14O2/c1-2-16-10-4-7-13-6-3-8-14(12-13)15-9-5-11-17-15/h3,5-6,8-9,11-12H,2,10H2,1H3. The van der Waals surface area contributed by atoms with Crippen LogP contribution < -0.4 is 0 Å². The number of furan rings is 1. The van der Waals surface area contributed by atoms with Crippen LogP contribution in [0.5, 0.6) is 0 Å². The Labute approximate surface area is 101 Å². The van der Waals surface area contributed by atoms with E-state index in [1.54, 1.807) is 6.26 Å². The molecule has 1 heterocycles. The Morgan fingerprint density at radius 1 is 1.24 bits per heavy atom. The Bertz CT molecular complexity index is 515. The summed E-state index contributed by atoms with van der Waals surface area (Å²) in [5.74, 6) is 6.90. The molecular formula is C15H14O2. The summed E-state index contributed by atoms with van der Waals surface area (Å²) in [6, 6.07) is 11.8. The van der Waals surface area contributed by atoms with Crippen molar-refractivity contribution in [3.8, 4) is 23.2 Å². The molecule has 0 aliphatic heterocycles. The van der Waals surface area contributed by atoms with E-state index in [1.165, 1.54) is 0 Å². The molecule has 2 heteroatoms. The van der Waals surface area contributed by atoms with Gasteiger partial charge in [-0.1, -0.05) is 24.0 Å². The second kappa shape index (κ2) is 5.93. The number of hydrogen-bond donors (Lipinski definition) is 0. The number of hydrogen-bond acceptors (Lipinski definition) is 2. The quantitative estimate of drug-likeness (QED) is 0.591. The SMILES string of the molecule is CCOCC#Cc1cccc(-c2ccco2)c1. The topological polar surface area (TPSA) is 22.4 Å². The summed E-state index contributed by atoms with van der Waals surface area (Å²) in [4.78, 5) is 0. The van der Waals surface area contributed by atoms with Crippen molar-refractivity contribution in [1.82, 2.24) is 0 Å². The third-order valence-corrected chi connectivity index (χ3v) is 2.28. The van der Waals surface area contributed by atoms with Gasteiger partial charge < -0.3 is 9.15 Å². The molecule has 1 aromatic carbocycles. The zero-order valence-electron chi connectivity index (χ0n) is 9.77. The highest BCUT2D eigenvalue weighted by Crippen LogP contribution is 2.20. The maximum absolute atomic E-state index is 5.34. The predicted octanol–water partition coefficient (Wildman–Crippen LogP) is 3.33. The van der Waals surface area contributed by atoms with Crippen molar-refractivity contribution in [3.05, 3.63) is 48.2 Å². The lowest BCUT2D eigenvalue weighted by Crippen LogP contribution is -1.88. The Morgan fingerprint density at radius 2 is 2.18 bits per heavy atom. The van der Waals surface area contributed by atoms with Crippen molar-refractivity contribution in [1.29, 1.82) is 0 Å². The lowest BCUT2D eigenvalue weighted by atomic mass is 10.1. The van der Waals surface area contributed by atoms with Gasteiger partial charge in [0.2, 0.25) is 0 Å². The molecule has 0 amide bonds. The number of benzene rings is 1.